The van der Waals surface area contributed by atoms with Gasteiger partial charge in [-0.05, 0) is 19.4 Å². The van der Waals surface area contributed by atoms with E-state index >= 15 is 0 Å². The summed E-state index contributed by atoms with van der Waals surface area (Å²) in [7, 11) is 0. The second-order valence-corrected chi connectivity index (χ2v) is 5.63. The van der Waals surface area contributed by atoms with Gasteiger partial charge in [0.1, 0.15) is 11.4 Å². The number of hydrogen-bond acceptors (Lipinski definition) is 4. The highest BCUT2D eigenvalue weighted by Gasteiger charge is 2.50. The Morgan fingerprint density at radius 2 is 2.19 bits per heavy atom. The average Bonchev–Trinajstić information content (AvgIpc) is 2.49. The van der Waals surface area contributed by atoms with Crippen LogP contribution in [0.2, 0.25) is 0 Å². The van der Waals surface area contributed by atoms with Gasteiger partial charge in [0, 0.05) is 11.5 Å². The molecular weight excluding hydrogens is 268 g/mol. The zero-order valence-electron chi connectivity index (χ0n) is 13.0. The largest absolute Gasteiger partial charge is 0.493 e. The Balaban J connectivity index is 2.47. The van der Waals surface area contributed by atoms with E-state index in [9.17, 15) is 9.90 Å². The first kappa shape index (κ1) is 15.8. The number of fused-ring (bicyclic) bond motifs is 1. The lowest BCUT2D eigenvalue weighted by Gasteiger charge is -2.43. The maximum absolute atomic E-state index is 12.4. The molecule has 3 unspecified atom stereocenters. The van der Waals surface area contributed by atoms with E-state index in [0.29, 0.717) is 30.9 Å². The lowest BCUT2D eigenvalue weighted by atomic mass is 9.70. The molecule has 2 rings (SSSR count). The van der Waals surface area contributed by atoms with Crippen molar-refractivity contribution in [1.29, 1.82) is 0 Å². The summed E-state index contributed by atoms with van der Waals surface area (Å²) in [5.41, 5.74) is -0.549. The summed E-state index contributed by atoms with van der Waals surface area (Å²) in [5.74, 6) is -0.412. The Hall–Kier alpha value is -1.55. The number of hydrogen-bond donors (Lipinski definition) is 1. The smallest absolute Gasteiger partial charge is 0.312 e. The normalized spacial score (nSPS) is 25.6. The van der Waals surface area contributed by atoms with Crippen LogP contribution in [0.1, 0.15) is 39.2 Å². The molecule has 0 spiro atoms. The molecule has 116 valence electrons. The van der Waals surface area contributed by atoms with Crippen LogP contribution in [0.25, 0.3) is 0 Å². The van der Waals surface area contributed by atoms with Gasteiger partial charge in [0.25, 0.3) is 0 Å². The maximum Gasteiger partial charge on any atom is 0.312 e. The van der Waals surface area contributed by atoms with Crippen LogP contribution in [0.5, 0.6) is 5.75 Å². The quantitative estimate of drug-likeness (QED) is 0.848. The number of carbonyl (C=O) groups excluding carboxylic acids is 1. The van der Waals surface area contributed by atoms with Gasteiger partial charge in [-0.2, -0.15) is 0 Å². The van der Waals surface area contributed by atoms with Crippen LogP contribution < -0.4 is 4.74 Å². The summed E-state index contributed by atoms with van der Waals surface area (Å²) >= 11 is 0. The molecule has 1 aromatic carbocycles. The van der Waals surface area contributed by atoms with Crippen LogP contribution in [0.15, 0.2) is 24.3 Å². The molecule has 4 nitrogen and oxygen atoms in total. The van der Waals surface area contributed by atoms with Crippen molar-refractivity contribution in [1.82, 2.24) is 0 Å². The van der Waals surface area contributed by atoms with Crippen molar-refractivity contribution in [3.63, 3.8) is 0 Å². The molecule has 0 saturated heterocycles. The van der Waals surface area contributed by atoms with Crippen LogP contribution in [-0.4, -0.2) is 24.3 Å². The summed E-state index contributed by atoms with van der Waals surface area (Å²) in [5, 5.41) is 11.4. The Morgan fingerprint density at radius 1 is 1.48 bits per heavy atom. The molecule has 0 aliphatic carbocycles. The molecule has 0 aromatic heterocycles. The van der Waals surface area contributed by atoms with E-state index in [0.717, 1.165) is 6.42 Å². The minimum absolute atomic E-state index is 0.173. The molecular formula is C17H24O4. The van der Waals surface area contributed by atoms with Crippen LogP contribution in [-0.2, 0) is 15.1 Å². The highest BCUT2D eigenvalue weighted by atomic mass is 16.5. The average molecular weight is 292 g/mol. The van der Waals surface area contributed by atoms with Gasteiger partial charge in [0.05, 0.1) is 19.1 Å². The van der Waals surface area contributed by atoms with Gasteiger partial charge >= 0.3 is 5.97 Å². The summed E-state index contributed by atoms with van der Waals surface area (Å²) in [6.07, 6.45) is 1.40. The predicted molar refractivity (Wildman–Crippen MR) is 80.0 cm³/mol. The number of para-hydroxylation sites is 1. The third kappa shape index (κ3) is 2.77. The third-order valence-electron chi connectivity index (χ3n) is 4.24. The Labute approximate surface area is 126 Å². The Morgan fingerprint density at radius 3 is 2.86 bits per heavy atom. The summed E-state index contributed by atoms with van der Waals surface area (Å²) < 4.78 is 10.9. The van der Waals surface area contributed by atoms with E-state index in [-0.39, 0.29) is 11.9 Å². The van der Waals surface area contributed by atoms with E-state index in [4.69, 9.17) is 9.47 Å². The van der Waals surface area contributed by atoms with Gasteiger partial charge in [0.2, 0.25) is 0 Å². The molecule has 1 aliphatic heterocycles. The number of ether oxygens (including phenoxy) is 2. The molecule has 0 saturated carbocycles. The van der Waals surface area contributed by atoms with Gasteiger partial charge < -0.3 is 14.6 Å². The molecule has 0 radical (unpaired) electrons. The van der Waals surface area contributed by atoms with Crippen molar-refractivity contribution < 1.29 is 19.4 Å². The van der Waals surface area contributed by atoms with E-state index in [2.05, 4.69) is 0 Å². The Bertz CT molecular complexity index is 499. The predicted octanol–water partition coefficient (Wildman–Crippen LogP) is 2.88. The summed E-state index contributed by atoms with van der Waals surface area (Å²) in [4.78, 5) is 12.4. The topological polar surface area (TPSA) is 55.8 Å². The van der Waals surface area contributed by atoms with E-state index in [1.807, 2.05) is 38.1 Å². The fourth-order valence-corrected chi connectivity index (χ4v) is 3.11. The molecule has 0 fully saturated rings. The zero-order chi connectivity index (χ0) is 15.5. The molecule has 0 amide bonds. The minimum Gasteiger partial charge on any atom is -0.493 e. The highest BCUT2D eigenvalue weighted by Crippen LogP contribution is 2.46. The molecule has 1 heterocycles. The maximum atomic E-state index is 12.4. The van der Waals surface area contributed by atoms with Crippen molar-refractivity contribution >= 4 is 5.97 Å². The van der Waals surface area contributed by atoms with Crippen LogP contribution >= 0.6 is 0 Å². The number of carbonyl (C=O) groups is 1. The van der Waals surface area contributed by atoms with E-state index < -0.39 is 11.5 Å². The van der Waals surface area contributed by atoms with Crippen molar-refractivity contribution in [3.05, 3.63) is 29.8 Å². The molecule has 1 aliphatic rings. The Kier molecular flexibility index (Phi) is 4.88. The highest BCUT2D eigenvalue weighted by molar-refractivity contribution is 5.75. The van der Waals surface area contributed by atoms with Gasteiger partial charge in [0.15, 0.2) is 0 Å². The second-order valence-electron chi connectivity index (χ2n) is 5.63. The molecule has 1 aromatic rings. The first-order valence-corrected chi connectivity index (χ1v) is 7.66. The molecule has 3 atom stereocenters. The van der Waals surface area contributed by atoms with Crippen molar-refractivity contribution in [2.24, 2.45) is 11.8 Å². The summed E-state index contributed by atoms with van der Waals surface area (Å²) in [6.45, 7) is 6.42. The summed E-state index contributed by atoms with van der Waals surface area (Å²) in [6, 6.07) is 7.40. The van der Waals surface area contributed by atoms with Gasteiger partial charge in [-0.25, -0.2) is 0 Å². The number of benzene rings is 1. The molecule has 1 N–H and O–H groups in total. The fraction of sp³-hybridized carbons (Fsp3) is 0.588. The van der Waals surface area contributed by atoms with Gasteiger partial charge in [-0.3, -0.25) is 4.79 Å². The molecule has 21 heavy (non-hydrogen) atoms. The van der Waals surface area contributed by atoms with Crippen LogP contribution in [0, 0.1) is 11.8 Å². The second kappa shape index (κ2) is 6.48. The lowest BCUT2D eigenvalue weighted by Crippen LogP contribution is -2.49. The first-order valence-electron chi connectivity index (χ1n) is 7.66. The molecule has 0 bridgehead atoms. The van der Waals surface area contributed by atoms with Gasteiger partial charge in [-0.1, -0.05) is 38.5 Å². The SMILES string of the molecule is CCCC(C(=O)OCC)C1(O)c2ccccc2OCC1C. The van der Waals surface area contributed by atoms with Gasteiger partial charge in [-0.15, -0.1) is 0 Å². The van der Waals surface area contributed by atoms with Crippen LogP contribution in [0.4, 0.5) is 0 Å². The zero-order valence-corrected chi connectivity index (χ0v) is 13.0. The first-order chi connectivity index (χ1) is 10.1. The molecule has 4 heteroatoms. The van der Waals surface area contributed by atoms with Crippen molar-refractivity contribution in [2.45, 2.75) is 39.2 Å². The third-order valence-corrected chi connectivity index (χ3v) is 4.24. The minimum atomic E-state index is -1.24. The lowest BCUT2D eigenvalue weighted by molar-refractivity contribution is -0.169. The van der Waals surface area contributed by atoms with Crippen molar-refractivity contribution in [3.8, 4) is 5.75 Å². The number of rotatable bonds is 5. The monoisotopic (exact) mass is 292 g/mol. The fourth-order valence-electron chi connectivity index (χ4n) is 3.11. The number of esters is 1. The number of aliphatic hydroxyl groups is 1. The van der Waals surface area contributed by atoms with E-state index in [1.54, 1.807) is 6.92 Å². The van der Waals surface area contributed by atoms with Crippen LogP contribution in [0.3, 0.4) is 0 Å². The standard InChI is InChI=1S/C17H24O4/c1-4-8-14(16(18)20-5-2)17(19)12(3)11-21-15-10-7-6-9-13(15)17/h6-7,9-10,12,14,19H,4-5,8,11H2,1-3H3. The van der Waals surface area contributed by atoms with Crippen molar-refractivity contribution in [2.75, 3.05) is 13.2 Å². The van der Waals surface area contributed by atoms with E-state index in [1.165, 1.54) is 0 Å².